The lowest BCUT2D eigenvalue weighted by atomic mass is 9.65. The number of carbonyl (C=O) groups excluding carboxylic acids is 1. The van der Waals surface area contributed by atoms with Crippen LogP contribution in [0.3, 0.4) is 0 Å². The van der Waals surface area contributed by atoms with Crippen LogP contribution in [-0.4, -0.2) is 16.4 Å². The Morgan fingerprint density at radius 3 is 2.31 bits per heavy atom. The van der Waals surface area contributed by atoms with Crippen molar-refractivity contribution >= 4 is 40.5 Å². The minimum Gasteiger partial charge on any atom is -0.302 e. The fourth-order valence-electron chi connectivity index (χ4n) is 4.87. The summed E-state index contributed by atoms with van der Waals surface area (Å²) < 4.78 is 0. The zero-order chi connectivity index (χ0) is 23.3. The Hall–Kier alpha value is -2.89. The highest BCUT2D eigenvalue weighted by Crippen LogP contribution is 2.51. The van der Waals surface area contributed by atoms with E-state index in [1.165, 1.54) is 18.2 Å². The molecule has 1 amide bonds. The van der Waals surface area contributed by atoms with Crippen LogP contribution in [0.4, 0.5) is 11.4 Å². The van der Waals surface area contributed by atoms with Crippen molar-refractivity contribution in [3.8, 4) is 0 Å². The highest BCUT2D eigenvalue weighted by atomic mass is 35.5. The predicted octanol–water partition coefficient (Wildman–Crippen LogP) is 7.04. The molecule has 3 aromatic rings. The second-order valence-corrected chi connectivity index (χ2v) is 9.75. The Balaban J connectivity index is 1.89. The van der Waals surface area contributed by atoms with Gasteiger partial charge in [0, 0.05) is 33.8 Å². The first-order valence-electron chi connectivity index (χ1n) is 10.2. The van der Waals surface area contributed by atoms with Gasteiger partial charge in [0.1, 0.15) is 0 Å². The molecule has 0 saturated carbocycles. The molecular weight excluding hydrogens is 447 g/mol. The number of para-hydroxylation sites is 1. The fourth-order valence-corrected chi connectivity index (χ4v) is 5.20. The Morgan fingerprint density at radius 2 is 1.66 bits per heavy atom. The van der Waals surface area contributed by atoms with Crippen LogP contribution < -0.4 is 4.90 Å². The van der Waals surface area contributed by atoms with Gasteiger partial charge in [-0.15, -0.1) is 0 Å². The van der Waals surface area contributed by atoms with Gasteiger partial charge >= 0.3 is 0 Å². The van der Waals surface area contributed by atoms with Crippen molar-refractivity contribution in [1.29, 1.82) is 0 Å². The number of hydrogen-bond acceptors (Lipinski definition) is 3. The monoisotopic (exact) mass is 468 g/mol. The fraction of sp³-hybridized carbons (Fsp3) is 0.240. The highest BCUT2D eigenvalue weighted by Gasteiger charge is 2.48. The van der Waals surface area contributed by atoms with Crippen molar-refractivity contribution in [3.05, 3.63) is 104 Å². The molecule has 0 N–H and O–H groups in total. The lowest BCUT2D eigenvalue weighted by Crippen LogP contribution is -2.56. The average molecular weight is 469 g/mol. The molecule has 164 valence electrons. The van der Waals surface area contributed by atoms with Gasteiger partial charge in [-0.05, 0) is 55.7 Å². The summed E-state index contributed by atoms with van der Waals surface area (Å²) in [5.41, 5.74) is 1.82. The molecule has 1 heterocycles. The molecule has 0 radical (unpaired) electrons. The quantitative estimate of drug-likeness (QED) is 0.305. The van der Waals surface area contributed by atoms with Gasteiger partial charge in [-0.1, -0.05) is 60.5 Å². The number of non-ortho nitro benzene ring substituents is 1. The molecule has 1 aliphatic rings. The minimum atomic E-state index is -0.603. The molecule has 7 heteroatoms. The van der Waals surface area contributed by atoms with E-state index in [4.69, 9.17) is 23.2 Å². The minimum absolute atomic E-state index is 0.110. The molecule has 0 saturated heterocycles. The van der Waals surface area contributed by atoms with Crippen LogP contribution in [0.1, 0.15) is 48.7 Å². The van der Waals surface area contributed by atoms with Crippen molar-refractivity contribution in [3.63, 3.8) is 0 Å². The molecule has 0 aromatic heterocycles. The number of nitro groups is 1. The predicted molar refractivity (Wildman–Crippen MR) is 128 cm³/mol. The first-order valence-corrected chi connectivity index (χ1v) is 10.9. The Labute approximate surface area is 196 Å². The molecule has 3 aromatic carbocycles. The largest absolute Gasteiger partial charge is 0.302 e. The van der Waals surface area contributed by atoms with Gasteiger partial charge in [0.05, 0.1) is 15.5 Å². The summed E-state index contributed by atoms with van der Waals surface area (Å²) in [6, 6.07) is 19.5. The van der Waals surface area contributed by atoms with Crippen molar-refractivity contribution in [2.24, 2.45) is 0 Å². The second-order valence-electron chi connectivity index (χ2n) is 8.91. The Bertz CT molecular complexity index is 1220. The number of carbonyl (C=O) groups is 1. The van der Waals surface area contributed by atoms with E-state index in [2.05, 4.69) is 6.92 Å². The van der Waals surface area contributed by atoms with E-state index >= 15 is 0 Å². The van der Waals surface area contributed by atoms with Crippen molar-refractivity contribution in [2.45, 2.75) is 38.1 Å². The number of nitro benzene ring substituents is 1. The maximum Gasteiger partial charge on any atom is 0.270 e. The molecule has 0 spiro atoms. The molecule has 0 bridgehead atoms. The van der Waals surface area contributed by atoms with E-state index in [0.717, 1.165) is 16.8 Å². The molecule has 0 fully saturated rings. The zero-order valence-electron chi connectivity index (χ0n) is 17.9. The van der Waals surface area contributed by atoms with Crippen LogP contribution in [0.15, 0.2) is 66.7 Å². The van der Waals surface area contributed by atoms with Crippen LogP contribution in [0.5, 0.6) is 0 Å². The normalized spacial score (nSPS) is 19.3. The molecule has 1 atom stereocenters. The van der Waals surface area contributed by atoms with Gasteiger partial charge < -0.3 is 4.90 Å². The number of hydrogen-bond donors (Lipinski definition) is 0. The van der Waals surface area contributed by atoms with Crippen LogP contribution in [-0.2, 0) is 5.41 Å². The number of nitrogens with zero attached hydrogens (tertiary/aromatic N) is 2. The van der Waals surface area contributed by atoms with E-state index in [1.54, 1.807) is 4.90 Å². The topological polar surface area (TPSA) is 63.5 Å². The molecule has 32 heavy (non-hydrogen) atoms. The summed E-state index contributed by atoms with van der Waals surface area (Å²) in [7, 11) is 0. The standard InChI is InChI=1S/C25H22Cl2N2O3/c1-24(2)15-25(3,16-8-10-17(26)11-9-16)20-6-4-5-7-22(20)28(24)23(30)19-14-18(29(31)32)12-13-21(19)27/h4-14H,15H2,1-3H3/t25-/m0/s1. The number of fused-ring (bicyclic) bond motifs is 1. The number of rotatable bonds is 3. The number of amides is 1. The number of benzene rings is 3. The van der Waals surface area contributed by atoms with E-state index in [1.807, 2.05) is 62.4 Å². The van der Waals surface area contributed by atoms with E-state index in [9.17, 15) is 14.9 Å². The van der Waals surface area contributed by atoms with Gasteiger partial charge in [-0.3, -0.25) is 14.9 Å². The molecule has 0 unspecified atom stereocenters. The highest BCUT2D eigenvalue weighted by molar-refractivity contribution is 6.34. The van der Waals surface area contributed by atoms with Gasteiger partial charge in [0.2, 0.25) is 0 Å². The maximum absolute atomic E-state index is 13.8. The summed E-state index contributed by atoms with van der Waals surface area (Å²) in [6.45, 7) is 6.17. The second kappa shape index (κ2) is 7.91. The summed E-state index contributed by atoms with van der Waals surface area (Å²) in [5, 5.41) is 12.1. The molecule has 0 aliphatic carbocycles. The SMILES string of the molecule is CC1(C)C[C@@](C)(c2ccc(Cl)cc2)c2ccccc2N1C(=O)c1cc([N+](=O)[O-])ccc1Cl. The van der Waals surface area contributed by atoms with Gasteiger partial charge in [0.25, 0.3) is 11.6 Å². The van der Waals surface area contributed by atoms with Crippen molar-refractivity contribution in [1.82, 2.24) is 0 Å². The molecule has 1 aliphatic heterocycles. The average Bonchev–Trinajstić information content (AvgIpc) is 2.73. The summed E-state index contributed by atoms with van der Waals surface area (Å²) >= 11 is 12.4. The van der Waals surface area contributed by atoms with Crippen molar-refractivity contribution < 1.29 is 9.72 Å². The third-order valence-corrected chi connectivity index (χ3v) is 6.79. The zero-order valence-corrected chi connectivity index (χ0v) is 19.4. The molecule has 4 rings (SSSR count). The van der Waals surface area contributed by atoms with E-state index in [0.29, 0.717) is 11.4 Å². The summed E-state index contributed by atoms with van der Waals surface area (Å²) in [6.07, 6.45) is 0.636. The van der Waals surface area contributed by atoms with Crippen LogP contribution in [0, 0.1) is 10.1 Å². The van der Waals surface area contributed by atoms with Crippen LogP contribution in [0.25, 0.3) is 0 Å². The van der Waals surface area contributed by atoms with Crippen LogP contribution in [0.2, 0.25) is 10.0 Å². The number of halogens is 2. The van der Waals surface area contributed by atoms with Crippen LogP contribution >= 0.6 is 23.2 Å². The first kappa shape index (κ1) is 22.3. The number of anilines is 1. The van der Waals surface area contributed by atoms with Gasteiger partial charge in [-0.25, -0.2) is 0 Å². The molecule has 5 nitrogen and oxygen atoms in total. The van der Waals surface area contributed by atoms with E-state index < -0.39 is 10.5 Å². The molecular formula is C25H22Cl2N2O3. The van der Waals surface area contributed by atoms with Gasteiger partial charge in [-0.2, -0.15) is 0 Å². The summed E-state index contributed by atoms with van der Waals surface area (Å²) in [4.78, 5) is 26.2. The van der Waals surface area contributed by atoms with Gasteiger partial charge in [0.15, 0.2) is 0 Å². The first-order chi connectivity index (χ1) is 15.0. The van der Waals surface area contributed by atoms with E-state index in [-0.39, 0.29) is 27.6 Å². The summed E-state index contributed by atoms with van der Waals surface area (Å²) in [5.74, 6) is -0.366. The Morgan fingerprint density at radius 1 is 1.00 bits per heavy atom. The maximum atomic E-state index is 13.8. The smallest absolute Gasteiger partial charge is 0.270 e. The third-order valence-electron chi connectivity index (χ3n) is 6.21. The third kappa shape index (κ3) is 3.65. The van der Waals surface area contributed by atoms with Crippen molar-refractivity contribution in [2.75, 3.05) is 4.90 Å². The lowest BCUT2D eigenvalue weighted by molar-refractivity contribution is -0.384. The Kier molecular flexibility index (Phi) is 5.51. The lowest BCUT2D eigenvalue weighted by Gasteiger charge is -2.51.